The van der Waals surface area contributed by atoms with Gasteiger partial charge in [-0.3, -0.25) is 0 Å². The molecular formula is C15H28. The minimum absolute atomic E-state index is 0.905. The van der Waals surface area contributed by atoms with E-state index in [1.165, 1.54) is 6.42 Å². The average molecular weight is 208 g/mol. The van der Waals surface area contributed by atoms with Crippen LogP contribution in [0.4, 0.5) is 0 Å². The third kappa shape index (κ3) is 2.24. The highest BCUT2D eigenvalue weighted by Gasteiger charge is 2.41. The fraction of sp³-hybridized carbons (Fsp3) is 1.00. The fourth-order valence-electron chi connectivity index (χ4n) is 3.97. The predicted octanol–water partition coefficient (Wildman–Crippen LogP) is 4.74. The van der Waals surface area contributed by atoms with Crippen molar-refractivity contribution in [3.8, 4) is 0 Å². The molecule has 2 rings (SSSR count). The summed E-state index contributed by atoms with van der Waals surface area (Å²) in [6.07, 6.45) is 7.69. The maximum Gasteiger partial charge on any atom is -0.0357 e. The van der Waals surface area contributed by atoms with Gasteiger partial charge >= 0.3 is 0 Å². The minimum Gasteiger partial charge on any atom is -0.0625 e. The average Bonchev–Trinajstić information content (AvgIpc) is 2.45. The monoisotopic (exact) mass is 208 g/mol. The standard InChI is InChI=1S/C15H28/c1-10(2)14-8-13(12-6-5-7-12)9-15(14)11(3)4/h10-15H,5-9H2,1-4H3. The van der Waals surface area contributed by atoms with E-state index in [1.54, 1.807) is 25.7 Å². The summed E-state index contributed by atoms with van der Waals surface area (Å²) in [6.45, 7) is 9.73. The van der Waals surface area contributed by atoms with Crippen molar-refractivity contribution in [2.24, 2.45) is 35.5 Å². The van der Waals surface area contributed by atoms with Crippen molar-refractivity contribution in [1.29, 1.82) is 0 Å². The first-order valence-electron chi connectivity index (χ1n) is 7.09. The lowest BCUT2D eigenvalue weighted by atomic mass is 9.74. The maximum atomic E-state index is 2.43. The summed E-state index contributed by atoms with van der Waals surface area (Å²) in [6, 6.07) is 0. The van der Waals surface area contributed by atoms with E-state index >= 15 is 0 Å². The van der Waals surface area contributed by atoms with Gasteiger partial charge in [-0.25, -0.2) is 0 Å². The molecule has 2 unspecified atom stereocenters. The molecule has 0 spiro atoms. The van der Waals surface area contributed by atoms with Gasteiger partial charge < -0.3 is 0 Å². The third-order valence-corrected chi connectivity index (χ3v) is 5.23. The van der Waals surface area contributed by atoms with Gasteiger partial charge in [0.1, 0.15) is 0 Å². The molecule has 0 N–H and O–H groups in total. The van der Waals surface area contributed by atoms with Gasteiger partial charge in [0.05, 0.1) is 0 Å². The second-order valence-corrected chi connectivity index (χ2v) is 6.74. The molecular weight excluding hydrogens is 180 g/mol. The summed E-state index contributed by atoms with van der Waals surface area (Å²) in [5, 5.41) is 0. The number of rotatable bonds is 3. The van der Waals surface area contributed by atoms with Gasteiger partial charge in [-0.2, -0.15) is 0 Å². The Morgan fingerprint density at radius 3 is 1.47 bits per heavy atom. The Hall–Kier alpha value is 0. The molecule has 0 aromatic carbocycles. The summed E-state index contributed by atoms with van der Waals surface area (Å²) < 4.78 is 0. The van der Waals surface area contributed by atoms with E-state index in [-0.39, 0.29) is 0 Å². The summed E-state index contributed by atoms with van der Waals surface area (Å²) in [5.74, 6) is 6.07. The quantitative estimate of drug-likeness (QED) is 0.628. The molecule has 0 aromatic rings. The summed E-state index contributed by atoms with van der Waals surface area (Å²) in [7, 11) is 0. The summed E-state index contributed by atoms with van der Waals surface area (Å²) in [4.78, 5) is 0. The van der Waals surface area contributed by atoms with E-state index in [1.807, 2.05) is 0 Å². The first-order chi connectivity index (χ1) is 7.09. The van der Waals surface area contributed by atoms with Gasteiger partial charge in [0.2, 0.25) is 0 Å². The zero-order valence-electron chi connectivity index (χ0n) is 11.0. The van der Waals surface area contributed by atoms with Crippen molar-refractivity contribution >= 4 is 0 Å². The summed E-state index contributed by atoms with van der Waals surface area (Å²) in [5.41, 5.74) is 0. The van der Waals surface area contributed by atoms with Crippen LogP contribution in [0.5, 0.6) is 0 Å². The molecule has 0 nitrogen and oxygen atoms in total. The molecule has 0 aromatic heterocycles. The van der Waals surface area contributed by atoms with Gasteiger partial charge in [-0.15, -0.1) is 0 Å². The van der Waals surface area contributed by atoms with Crippen LogP contribution in [-0.2, 0) is 0 Å². The highest BCUT2D eigenvalue weighted by Crippen LogP contribution is 2.50. The Morgan fingerprint density at radius 1 is 0.733 bits per heavy atom. The van der Waals surface area contributed by atoms with Crippen LogP contribution in [0.25, 0.3) is 0 Å². The predicted molar refractivity (Wildman–Crippen MR) is 66.7 cm³/mol. The highest BCUT2D eigenvalue weighted by molar-refractivity contribution is 4.91. The Bertz CT molecular complexity index is 184. The Balaban J connectivity index is 1.98. The van der Waals surface area contributed by atoms with Gasteiger partial charge in [-0.1, -0.05) is 47.0 Å². The zero-order valence-corrected chi connectivity index (χ0v) is 11.0. The molecule has 2 fully saturated rings. The van der Waals surface area contributed by atoms with Gasteiger partial charge in [0.15, 0.2) is 0 Å². The fourth-order valence-corrected chi connectivity index (χ4v) is 3.97. The molecule has 2 saturated carbocycles. The largest absolute Gasteiger partial charge is 0.0625 e. The lowest BCUT2D eigenvalue weighted by molar-refractivity contribution is 0.199. The zero-order chi connectivity index (χ0) is 11.0. The van der Waals surface area contributed by atoms with Crippen LogP contribution in [0.2, 0.25) is 0 Å². The van der Waals surface area contributed by atoms with Crippen LogP contribution in [0.15, 0.2) is 0 Å². The van der Waals surface area contributed by atoms with Crippen molar-refractivity contribution in [3.05, 3.63) is 0 Å². The third-order valence-electron chi connectivity index (χ3n) is 5.23. The van der Waals surface area contributed by atoms with Crippen LogP contribution < -0.4 is 0 Å². The molecule has 0 amide bonds. The molecule has 0 radical (unpaired) electrons. The van der Waals surface area contributed by atoms with Gasteiger partial charge in [0.25, 0.3) is 0 Å². The normalized spacial score (nSPS) is 37.6. The van der Waals surface area contributed by atoms with Gasteiger partial charge in [0, 0.05) is 0 Å². The second kappa shape index (κ2) is 4.47. The molecule has 15 heavy (non-hydrogen) atoms. The molecule has 88 valence electrons. The maximum absolute atomic E-state index is 2.43. The Kier molecular flexibility index (Phi) is 3.42. The van der Waals surface area contributed by atoms with E-state index in [4.69, 9.17) is 0 Å². The SMILES string of the molecule is CC(C)C1CC(C2CCC2)CC1C(C)C. The molecule has 2 atom stereocenters. The number of hydrogen-bond donors (Lipinski definition) is 0. The van der Waals surface area contributed by atoms with Crippen LogP contribution >= 0.6 is 0 Å². The van der Waals surface area contributed by atoms with Crippen LogP contribution in [0, 0.1) is 35.5 Å². The Labute approximate surface area is 95.8 Å². The highest BCUT2D eigenvalue weighted by atomic mass is 14.5. The second-order valence-electron chi connectivity index (χ2n) is 6.74. The van der Waals surface area contributed by atoms with Crippen molar-refractivity contribution in [2.75, 3.05) is 0 Å². The van der Waals surface area contributed by atoms with Crippen LogP contribution in [0.1, 0.15) is 59.8 Å². The van der Waals surface area contributed by atoms with Crippen LogP contribution in [-0.4, -0.2) is 0 Å². The molecule has 2 aliphatic carbocycles. The topological polar surface area (TPSA) is 0 Å². The van der Waals surface area contributed by atoms with E-state index in [0.29, 0.717) is 0 Å². The Morgan fingerprint density at radius 2 is 1.20 bits per heavy atom. The lowest BCUT2D eigenvalue weighted by Gasteiger charge is -2.31. The van der Waals surface area contributed by atoms with E-state index in [9.17, 15) is 0 Å². The van der Waals surface area contributed by atoms with Crippen LogP contribution in [0.3, 0.4) is 0 Å². The summed E-state index contributed by atoms with van der Waals surface area (Å²) >= 11 is 0. The van der Waals surface area contributed by atoms with Crippen molar-refractivity contribution < 1.29 is 0 Å². The first kappa shape index (κ1) is 11.5. The smallest absolute Gasteiger partial charge is 0.0357 e. The molecule has 0 heteroatoms. The first-order valence-corrected chi connectivity index (χ1v) is 7.09. The number of hydrogen-bond acceptors (Lipinski definition) is 0. The van der Waals surface area contributed by atoms with Crippen molar-refractivity contribution in [2.45, 2.75) is 59.8 Å². The molecule has 0 bridgehead atoms. The van der Waals surface area contributed by atoms with Crippen molar-refractivity contribution in [1.82, 2.24) is 0 Å². The van der Waals surface area contributed by atoms with E-state index in [0.717, 1.165) is 35.5 Å². The van der Waals surface area contributed by atoms with E-state index < -0.39 is 0 Å². The molecule has 0 aliphatic heterocycles. The molecule has 2 aliphatic rings. The van der Waals surface area contributed by atoms with Crippen molar-refractivity contribution in [3.63, 3.8) is 0 Å². The lowest BCUT2D eigenvalue weighted by Crippen LogP contribution is -2.20. The molecule has 0 saturated heterocycles. The minimum atomic E-state index is 0.905. The van der Waals surface area contributed by atoms with E-state index in [2.05, 4.69) is 27.7 Å². The molecule has 0 heterocycles. The van der Waals surface area contributed by atoms with Gasteiger partial charge in [-0.05, 0) is 48.3 Å².